The lowest BCUT2D eigenvalue weighted by molar-refractivity contribution is 0.0293. The number of morpholine rings is 1. The zero-order valence-corrected chi connectivity index (χ0v) is 15.7. The van der Waals surface area contributed by atoms with Crippen LogP contribution in [0.25, 0.3) is 21.6 Å². The SMILES string of the molecule is N#Cc1ccc(-c2cc(F)cc(CC3CNCCO3)c2-c2ccns2)cc1F. The lowest BCUT2D eigenvalue weighted by Gasteiger charge is -2.25. The third-order valence-electron chi connectivity index (χ3n) is 4.72. The van der Waals surface area contributed by atoms with Crippen molar-refractivity contribution in [2.24, 2.45) is 0 Å². The molecule has 0 amide bonds. The predicted molar refractivity (Wildman–Crippen MR) is 104 cm³/mol. The predicted octanol–water partition coefficient (Wildman–Crippen LogP) is 4.16. The molecule has 3 aromatic rings. The van der Waals surface area contributed by atoms with Crippen LogP contribution >= 0.6 is 11.5 Å². The Balaban J connectivity index is 1.85. The molecule has 28 heavy (non-hydrogen) atoms. The maximum Gasteiger partial charge on any atom is 0.141 e. The Morgan fingerprint density at radius 2 is 2.14 bits per heavy atom. The molecular formula is C21H17F2N3OS. The van der Waals surface area contributed by atoms with Crippen LogP contribution in [0.5, 0.6) is 0 Å². The molecule has 2 heterocycles. The molecule has 0 saturated carbocycles. The zero-order chi connectivity index (χ0) is 19.5. The first-order valence-electron chi connectivity index (χ1n) is 8.91. The van der Waals surface area contributed by atoms with E-state index in [2.05, 4.69) is 9.69 Å². The summed E-state index contributed by atoms with van der Waals surface area (Å²) in [5, 5.41) is 12.3. The normalized spacial score (nSPS) is 16.7. The van der Waals surface area contributed by atoms with Crippen molar-refractivity contribution in [2.45, 2.75) is 12.5 Å². The van der Waals surface area contributed by atoms with Crippen LogP contribution in [0.3, 0.4) is 0 Å². The van der Waals surface area contributed by atoms with Gasteiger partial charge in [-0.15, -0.1) is 0 Å². The second-order valence-electron chi connectivity index (χ2n) is 6.57. The quantitative estimate of drug-likeness (QED) is 0.718. The van der Waals surface area contributed by atoms with Crippen molar-refractivity contribution < 1.29 is 13.5 Å². The fourth-order valence-corrected chi connectivity index (χ4v) is 4.15. The van der Waals surface area contributed by atoms with Gasteiger partial charge in [-0.3, -0.25) is 0 Å². The summed E-state index contributed by atoms with van der Waals surface area (Å²) in [4.78, 5) is 0.874. The third-order valence-corrected chi connectivity index (χ3v) is 5.49. The molecule has 0 spiro atoms. The summed E-state index contributed by atoms with van der Waals surface area (Å²) in [6, 6.07) is 10.9. The van der Waals surface area contributed by atoms with E-state index in [-0.39, 0.29) is 11.7 Å². The largest absolute Gasteiger partial charge is 0.375 e. The number of benzene rings is 2. The van der Waals surface area contributed by atoms with Crippen molar-refractivity contribution in [3.63, 3.8) is 0 Å². The number of nitriles is 1. The highest BCUT2D eigenvalue weighted by molar-refractivity contribution is 7.09. The topological polar surface area (TPSA) is 57.9 Å². The average Bonchev–Trinajstić information content (AvgIpc) is 3.22. The van der Waals surface area contributed by atoms with Crippen molar-refractivity contribution in [1.29, 1.82) is 5.26 Å². The van der Waals surface area contributed by atoms with Gasteiger partial charge in [0, 0.05) is 31.3 Å². The molecule has 142 valence electrons. The number of nitrogens with one attached hydrogen (secondary N) is 1. The van der Waals surface area contributed by atoms with Crippen LogP contribution in [-0.2, 0) is 11.2 Å². The van der Waals surface area contributed by atoms with Gasteiger partial charge >= 0.3 is 0 Å². The molecule has 4 nitrogen and oxygen atoms in total. The minimum absolute atomic E-state index is 0.0404. The van der Waals surface area contributed by atoms with E-state index >= 15 is 0 Å². The van der Waals surface area contributed by atoms with Crippen LogP contribution in [0, 0.1) is 23.0 Å². The van der Waals surface area contributed by atoms with E-state index in [4.69, 9.17) is 10.00 Å². The smallest absolute Gasteiger partial charge is 0.141 e. The first-order valence-corrected chi connectivity index (χ1v) is 9.69. The van der Waals surface area contributed by atoms with Crippen molar-refractivity contribution in [2.75, 3.05) is 19.7 Å². The highest BCUT2D eigenvalue weighted by Gasteiger charge is 2.21. The van der Waals surface area contributed by atoms with Crippen molar-refractivity contribution in [1.82, 2.24) is 9.69 Å². The summed E-state index contributed by atoms with van der Waals surface area (Å²) in [7, 11) is 0. The van der Waals surface area contributed by atoms with E-state index in [1.807, 2.05) is 12.1 Å². The van der Waals surface area contributed by atoms with E-state index in [9.17, 15) is 8.78 Å². The Labute approximate surface area is 165 Å². The summed E-state index contributed by atoms with van der Waals surface area (Å²) in [5.74, 6) is -1.02. The van der Waals surface area contributed by atoms with E-state index in [1.165, 1.54) is 35.8 Å². The Morgan fingerprint density at radius 3 is 2.82 bits per heavy atom. The molecule has 1 aliphatic rings. The van der Waals surface area contributed by atoms with Crippen LogP contribution in [0.1, 0.15) is 11.1 Å². The lowest BCUT2D eigenvalue weighted by atomic mass is 9.91. The maximum absolute atomic E-state index is 14.5. The Morgan fingerprint density at radius 1 is 1.25 bits per heavy atom. The van der Waals surface area contributed by atoms with Gasteiger partial charge in [0.05, 0.1) is 23.2 Å². The molecule has 1 saturated heterocycles. The first kappa shape index (κ1) is 18.7. The highest BCUT2D eigenvalue weighted by atomic mass is 32.1. The molecule has 0 radical (unpaired) electrons. The molecule has 1 N–H and O–H groups in total. The van der Waals surface area contributed by atoms with Crippen molar-refractivity contribution in [3.05, 3.63) is 65.4 Å². The molecule has 1 atom stereocenters. The van der Waals surface area contributed by atoms with Gasteiger partial charge in [-0.05, 0) is 58.6 Å². The zero-order valence-electron chi connectivity index (χ0n) is 14.9. The standard InChI is InChI=1S/C21H17F2N3OS/c22-16-7-15(8-17-12-25-5-6-27-17)21(20-3-4-26-28-20)18(10-16)13-1-2-14(11-24)19(23)9-13/h1-4,7,9-10,17,25H,5-6,8,12H2. The van der Waals surface area contributed by atoms with Crippen LogP contribution < -0.4 is 5.32 Å². The highest BCUT2D eigenvalue weighted by Crippen LogP contribution is 2.38. The minimum Gasteiger partial charge on any atom is -0.375 e. The van der Waals surface area contributed by atoms with Gasteiger partial charge in [-0.1, -0.05) is 6.07 Å². The second-order valence-corrected chi connectivity index (χ2v) is 7.40. The lowest BCUT2D eigenvalue weighted by Crippen LogP contribution is -2.39. The second kappa shape index (κ2) is 8.15. The van der Waals surface area contributed by atoms with Crippen LogP contribution in [0.4, 0.5) is 8.78 Å². The molecule has 1 aromatic heterocycles. The van der Waals surface area contributed by atoms with Crippen molar-refractivity contribution >= 4 is 11.5 Å². The Bertz CT molecular complexity index is 1020. The first-order chi connectivity index (χ1) is 13.7. The van der Waals surface area contributed by atoms with Gasteiger partial charge in [-0.25, -0.2) is 13.2 Å². The number of aromatic nitrogens is 1. The number of rotatable bonds is 4. The molecule has 7 heteroatoms. The Kier molecular flexibility index (Phi) is 5.44. The van der Waals surface area contributed by atoms with Crippen LogP contribution in [0.15, 0.2) is 42.6 Å². The number of ether oxygens (including phenoxy) is 1. The average molecular weight is 397 g/mol. The van der Waals surface area contributed by atoms with Gasteiger partial charge in [0.2, 0.25) is 0 Å². The van der Waals surface area contributed by atoms with E-state index in [1.54, 1.807) is 12.3 Å². The number of hydrogen-bond acceptors (Lipinski definition) is 5. The number of nitrogens with zero attached hydrogens (tertiary/aromatic N) is 2. The van der Waals surface area contributed by atoms with Crippen LogP contribution in [-0.4, -0.2) is 30.2 Å². The van der Waals surface area contributed by atoms with Gasteiger partial charge in [-0.2, -0.15) is 5.26 Å². The molecular weight excluding hydrogens is 380 g/mol. The van der Waals surface area contributed by atoms with E-state index < -0.39 is 11.6 Å². The van der Waals surface area contributed by atoms with E-state index in [0.29, 0.717) is 30.7 Å². The monoisotopic (exact) mass is 397 g/mol. The van der Waals surface area contributed by atoms with Gasteiger partial charge in [0.25, 0.3) is 0 Å². The molecule has 0 bridgehead atoms. The Hall–Kier alpha value is -2.66. The minimum atomic E-state index is -0.624. The molecule has 0 aliphatic carbocycles. The summed E-state index contributed by atoms with van der Waals surface area (Å²) in [6.07, 6.45) is 2.16. The van der Waals surface area contributed by atoms with Gasteiger partial charge < -0.3 is 10.1 Å². The maximum atomic E-state index is 14.5. The molecule has 1 fully saturated rings. The molecule has 4 rings (SSSR count). The van der Waals surface area contributed by atoms with Crippen LogP contribution in [0.2, 0.25) is 0 Å². The van der Waals surface area contributed by atoms with Gasteiger partial charge in [0.15, 0.2) is 0 Å². The fraction of sp³-hybridized carbons (Fsp3) is 0.238. The molecule has 1 aliphatic heterocycles. The number of hydrogen-bond donors (Lipinski definition) is 1. The van der Waals surface area contributed by atoms with E-state index in [0.717, 1.165) is 22.5 Å². The summed E-state index contributed by atoms with van der Waals surface area (Å²) < 4.78 is 38.7. The molecule has 2 aromatic carbocycles. The third kappa shape index (κ3) is 3.80. The summed E-state index contributed by atoms with van der Waals surface area (Å²) in [6.45, 7) is 2.11. The number of halogens is 2. The fourth-order valence-electron chi connectivity index (χ4n) is 3.46. The van der Waals surface area contributed by atoms with Gasteiger partial charge in [0.1, 0.15) is 17.7 Å². The van der Waals surface area contributed by atoms with Crippen molar-refractivity contribution in [3.8, 4) is 27.6 Å². The molecule has 1 unspecified atom stereocenters. The summed E-state index contributed by atoms with van der Waals surface area (Å²) in [5.41, 5.74) is 2.66. The summed E-state index contributed by atoms with van der Waals surface area (Å²) >= 11 is 1.30.